The monoisotopic (exact) mass is 278 g/mol. The Labute approximate surface area is 124 Å². The molecule has 0 atom stereocenters. The van der Waals surface area contributed by atoms with E-state index in [4.69, 9.17) is 6.42 Å². The molecule has 0 saturated heterocycles. The van der Waals surface area contributed by atoms with Crippen LogP contribution in [0.4, 0.5) is 0 Å². The summed E-state index contributed by atoms with van der Waals surface area (Å²) in [7, 11) is 0. The molecule has 114 valence electrons. The van der Waals surface area contributed by atoms with Crippen molar-refractivity contribution in [2.45, 2.75) is 12.8 Å². The third kappa shape index (κ3) is 16.9. The first-order chi connectivity index (χ1) is 9.91. The van der Waals surface area contributed by atoms with E-state index >= 15 is 0 Å². The Kier molecular flexibility index (Phi) is 16.9. The molecule has 0 bridgehead atoms. The summed E-state index contributed by atoms with van der Waals surface area (Å²) in [5.41, 5.74) is 0. The van der Waals surface area contributed by atoms with Crippen molar-refractivity contribution in [1.82, 2.24) is 21.3 Å². The minimum atomic E-state index is 0.661. The van der Waals surface area contributed by atoms with E-state index in [1.165, 1.54) is 0 Å². The first kappa shape index (κ1) is 18.9. The van der Waals surface area contributed by atoms with Crippen molar-refractivity contribution in [2.75, 3.05) is 52.4 Å². The van der Waals surface area contributed by atoms with Gasteiger partial charge in [0.2, 0.25) is 0 Å². The van der Waals surface area contributed by atoms with Crippen molar-refractivity contribution in [2.24, 2.45) is 0 Å². The largest absolute Gasteiger partial charge is 0.313 e. The first-order valence-corrected chi connectivity index (χ1v) is 7.44. The summed E-state index contributed by atoms with van der Waals surface area (Å²) in [6, 6.07) is 0. The van der Waals surface area contributed by atoms with Crippen LogP contribution in [-0.2, 0) is 0 Å². The second kappa shape index (κ2) is 17.9. The van der Waals surface area contributed by atoms with Crippen LogP contribution < -0.4 is 21.3 Å². The van der Waals surface area contributed by atoms with Crippen LogP contribution in [0.5, 0.6) is 0 Å². The molecule has 0 rings (SSSR count). The van der Waals surface area contributed by atoms with Gasteiger partial charge in [-0.1, -0.05) is 24.1 Å². The van der Waals surface area contributed by atoms with Crippen LogP contribution in [0.2, 0.25) is 0 Å². The van der Waals surface area contributed by atoms with Crippen LogP contribution in [0.25, 0.3) is 0 Å². The Morgan fingerprint density at radius 3 is 1.80 bits per heavy atom. The minimum absolute atomic E-state index is 0.661. The minimum Gasteiger partial charge on any atom is -0.313 e. The number of rotatable bonds is 15. The molecule has 0 saturated carbocycles. The SMILES string of the molecule is C#CCNCCCNCC=CCNCCCNCC=C. The molecule has 0 aromatic rings. The van der Waals surface area contributed by atoms with Gasteiger partial charge in [0.25, 0.3) is 0 Å². The summed E-state index contributed by atoms with van der Waals surface area (Å²) in [4.78, 5) is 0. The molecule has 0 aliphatic rings. The van der Waals surface area contributed by atoms with E-state index in [1.54, 1.807) is 0 Å². The lowest BCUT2D eigenvalue weighted by molar-refractivity contribution is 0.635. The lowest BCUT2D eigenvalue weighted by Crippen LogP contribution is -2.23. The van der Waals surface area contributed by atoms with E-state index in [2.05, 4.69) is 45.9 Å². The molecule has 0 aromatic carbocycles. The molecule has 0 heterocycles. The normalized spacial score (nSPS) is 10.8. The van der Waals surface area contributed by atoms with Crippen molar-refractivity contribution in [3.05, 3.63) is 24.8 Å². The second-order valence-corrected chi connectivity index (χ2v) is 4.46. The fraction of sp³-hybridized carbons (Fsp3) is 0.625. The third-order valence-corrected chi connectivity index (χ3v) is 2.62. The van der Waals surface area contributed by atoms with E-state index in [9.17, 15) is 0 Å². The molecule has 4 nitrogen and oxygen atoms in total. The summed E-state index contributed by atoms with van der Waals surface area (Å²) in [6.45, 7) is 11.2. The molecule has 4 heteroatoms. The summed E-state index contributed by atoms with van der Waals surface area (Å²) in [5, 5.41) is 13.2. The maximum atomic E-state index is 5.14. The van der Waals surface area contributed by atoms with Gasteiger partial charge in [0.05, 0.1) is 6.54 Å². The van der Waals surface area contributed by atoms with E-state index in [-0.39, 0.29) is 0 Å². The topological polar surface area (TPSA) is 48.1 Å². The number of terminal acetylenes is 1. The molecule has 0 radical (unpaired) electrons. The van der Waals surface area contributed by atoms with Gasteiger partial charge in [-0.2, -0.15) is 0 Å². The molecular weight excluding hydrogens is 248 g/mol. The Morgan fingerprint density at radius 2 is 1.30 bits per heavy atom. The zero-order chi connectivity index (χ0) is 14.7. The average molecular weight is 278 g/mol. The van der Waals surface area contributed by atoms with Gasteiger partial charge in [0, 0.05) is 19.6 Å². The molecule has 0 aliphatic heterocycles. The molecule has 0 aliphatic carbocycles. The Bertz CT molecular complexity index is 268. The highest BCUT2D eigenvalue weighted by Crippen LogP contribution is 1.76. The highest BCUT2D eigenvalue weighted by molar-refractivity contribution is 4.87. The Morgan fingerprint density at radius 1 is 0.800 bits per heavy atom. The summed E-state index contributed by atoms with van der Waals surface area (Å²) in [5.74, 6) is 2.56. The lowest BCUT2D eigenvalue weighted by Gasteiger charge is -2.03. The quantitative estimate of drug-likeness (QED) is 0.200. The molecule has 0 amide bonds. The van der Waals surface area contributed by atoms with Gasteiger partial charge in [-0.15, -0.1) is 13.0 Å². The van der Waals surface area contributed by atoms with Crippen molar-refractivity contribution in [3.63, 3.8) is 0 Å². The van der Waals surface area contributed by atoms with E-state index in [0.29, 0.717) is 6.54 Å². The van der Waals surface area contributed by atoms with Crippen LogP contribution in [0, 0.1) is 12.3 Å². The van der Waals surface area contributed by atoms with Crippen LogP contribution in [0.15, 0.2) is 24.8 Å². The summed E-state index contributed by atoms with van der Waals surface area (Å²) in [6.07, 6.45) is 13.6. The van der Waals surface area contributed by atoms with Gasteiger partial charge in [-0.3, -0.25) is 0 Å². The second-order valence-electron chi connectivity index (χ2n) is 4.46. The highest BCUT2D eigenvalue weighted by atomic mass is 14.9. The van der Waals surface area contributed by atoms with Gasteiger partial charge in [-0.25, -0.2) is 0 Å². The summed E-state index contributed by atoms with van der Waals surface area (Å²) >= 11 is 0. The zero-order valence-corrected chi connectivity index (χ0v) is 12.6. The van der Waals surface area contributed by atoms with Crippen LogP contribution >= 0.6 is 0 Å². The standard InChI is InChI=1S/C16H30N4/c1-3-9-17-13-7-15-19-11-5-6-12-20-16-8-14-18-10-4-2/h1,4-6,17-20H,2,7-16H2. The van der Waals surface area contributed by atoms with Crippen molar-refractivity contribution in [1.29, 1.82) is 0 Å². The molecular formula is C16H30N4. The van der Waals surface area contributed by atoms with Crippen LogP contribution in [0.3, 0.4) is 0 Å². The smallest absolute Gasteiger partial charge is 0.0573 e. The third-order valence-electron chi connectivity index (χ3n) is 2.62. The Balaban J connectivity index is 3.05. The fourth-order valence-corrected chi connectivity index (χ4v) is 1.58. The fourth-order valence-electron chi connectivity index (χ4n) is 1.58. The van der Waals surface area contributed by atoms with Gasteiger partial charge < -0.3 is 21.3 Å². The van der Waals surface area contributed by atoms with Crippen molar-refractivity contribution >= 4 is 0 Å². The predicted octanol–water partition coefficient (Wildman–Crippen LogP) is 0.500. The molecule has 0 fully saturated rings. The van der Waals surface area contributed by atoms with Crippen molar-refractivity contribution < 1.29 is 0 Å². The van der Waals surface area contributed by atoms with E-state index < -0.39 is 0 Å². The van der Waals surface area contributed by atoms with Crippen molar-refractivity contribution in [3.8, 4) is 12.3 Å². The van der Waals surface area contributed by atoms with Crippen LogP contribution in [0.1, 0.15) is 12.8 Å². The predicted molar refractivity (Wildman–Crippen MR) is 88.9 cm³/mol. The van der Waals surface area contributed by atoms with Crippen LogP contribution in [-0.4, -0.2) is 52.4 Å². The first-order valence-electron chi connectivity index (χ1n) is 7.44. The zero-order valence-electron chi connectivity index (χ0n) is 12.6. The van der Waals surface area contributed by atoms with E-state index in [1.807, 2.05) is 6.08 Å². The molecule has 0 aromatic heterocycles. The number of nitrogens with one attached hydrogen (secondary N) is 4. The maximum absolute atomic E-state index is 5.14. The molecule has 0 unspecified atom stereocenters. The number of hydrogen-bond acceptors (Lipinski definition) is 4. The highest BCUT2D eigenvalue weighted by Gasteiger charge is 1.87. The molecule has 0 spiro atoms. The van der Waals surface area contributed by atoms with Gasteiger partial charge in [0.1, 0.15) is 0 Å². The molecule has 4 N–H and O–H groups in total. The lowest BCUT2D eigenvalue weighted by atomic mass is 10.4. The number of hydrogen-bond donors (Lipinski definition) is 4. The average Bonchev–Trinajstić information content (AvgIpc) is 2.47. The maximum Gasteiger partial charge on any atom is 0.0573 e. The van der Waals surface area contributed by atoms with Gasteiger partial charge in [0.15, 0.2) is 0 Å². The Hall–Kier alpha value is -1.12. The van der Waals surface area contributed by atoms with Gasteiger partial charge in [-0.05, 0) is 39.0 Å². The van der Waals surface area contributed by atoms with Gasteiger partial charge >= 0.3 is 0 Å². The molecule has 20 heavy (non-hydrogen) atoms. The summed E-state index contributed by atoms with van der Waals surface area (Å²) < 4.78 is 0. The van der Waals surface area contributed by atoms with E-state index in [0.717, 1.165) is 58.7 Å².